The van der Waals surface area contributed by atoms with Gasteiger partial charge in [-0.05, 0) is 70.3 Å². The molecule has 0 aliphatic carbocycles. The highest BCUT2D eigenvalue weighted by molar-refractivity contribution is 5.94. The number of allylic oxidation sites excluding steroid dienone is 4. The number of aromatic nitrogens is 1. The first-order valence-electron chi connectivity index (χ1n) is 20.7. The lowest BCUT2D eigenvalue weighted by Gasteiger charge is -2.07. The molecule has 1 aromatic heterocycles. The van der Waals surface area contributed by atoms with E-state index in [1.54, 1.807) is 23.0 Å². The molecule has 0 saturated carbocycles. The molecule has 0 aromatic carbocycles. The van der Waals surface area contributed by atoms with Crippen LogP contribution in [0.2, 0.25) is 0 Å². The number of hydrogen-bond donors (Lipinski definition) is 0. The first-order valence-corrected chi connectivity index (χ1v) is 20.7. The highest BCUT2D eigenvalue weighted by Crippen LogP contribution is 2.13. The van der Waals surface area contributed by atoms with Crippen LogP contribution in [0.25, 0.3) is 0 Å². The number of esters is 2. The van der Waals surface area contributed by atoms with Crippen LogP contribution in [0.4, 0.5) is 0 Å². The molecule has 0 bridgehead atoms. The molecule has 0 amide bonds. The van der Waals surface area contributed by atoms with Crippen molar-refractivity contribution in [3.8, 4) is 0 Å². The number of carbonyl (C=O) groups is 2. The van der Waals surface area contributed by atoms with Gasteiger partial charge < -0.3 is 9.47 Å². The summed E-state index contributed by atoms with van der Waals surface area (Å²) in [6, 6.07) is 1.59. The van der Waals surface area contributed by atoms with Gasteiger partial charge in [0.05, 0.1) is 13.2 Å². The summed E-state index contributed by atoms with van der Waals surface area (Å²) in [7, 11) is 1.81. The number of aryl methyl sites for hydroxylation is 1. The Kier molecular flexibility index (Phi) is 31.0. The maximum Gasteiger partial charge on any atom is 0.344 e. The second-order valence-electron chi connectivity index (χ2n) is 14.1. The molecule has 0 N–H and O–H groups in total. The number of carbonyl (C=O) groups excluding carboxylic acids is 2. The van der Waals surface area contributed by atoms with Crippen LogP contribution < -0.4 is 4.57 Å². The first-order chi connectivity index (χ1) is 24.1. The number of nitrogens with zero attached hydrogens (tertiary/aromatic N) is 1. The van der Waals surface area contributed by atoms with E-state index in [9.17, 15) is 9.59 Å². The predicted octanol–water partition coefficient (Wildman–Crippen LogP) is 12.9. The van der Waals surface area contributed by atoms with E-state index >= 15 is 0 Å². The van der Waals surface area contributed by atoms with Crippen LogP contribution in [-0.4, -0.2) is 25.2 Å². The van der Waals surface area contributed by atoms with Gasteiger partial charge in [-0.25, -0.2) is 14.2 Å². The van der Waals surface area contributed by atoms with Gasteiger partial charge in [-0.1, -0.05) is 154 Å². The minimum Gasteiger partial charge on any atom is -0.462 e. The fraction of sp³-hybridized carbons (Fsp3) is 0.750. The van der Waals surface area contributed by atoms with Crippen LogP contribution in [0.15, 0.2) is 42.8 Å². The molecule has 0 aliphatic rings. The number of pyridine rings is 1. The molecular weight excluding hydrogens is 606 g/mol. The maximum atomic E-state index is 12.7. The molecule has 0 radical (unpaired) electrons. The summed E-state index contributed by atoms with van der Waals surface area (Å²) in [4.78, 5) is 25.3. The zero-order chi connectivity index (χ0) is 35.5. The third-order valence-electron chi connectivity index (χ3n) is 9.25. The molecule has 0 aliphatic heterocycles. The van der Waals surface area contributed by atoms with Crippen molar-refractivity contribution in [1.29, 1.82) is 0 Å². The van der Waals surface area contributed by atoms with E-state index in [4.69, 9.17) is 9.47 Å². The van der Waals surface area contributed by atoms with Gasteiger partial charge in [-0.15, -0.1) is 0 Å². The molecule has 5 nitrogen and oxygen atoms in total. The molecule has 49 heavy (non-hydrogen) atoms. The Labute approximate surface area is 302 Å². The second kappa shape index (κ2) is 34.0. The normalized spacial score (nSPS) is 11.6. The van der Waals surface area contributed by atoms with Crippen LogP contribution in [0.5, 0.6) is 0 Å². The molecule has 0 fully saturated rings. The second-order valence-corrected chi connectivity index (χ2v) is 14.1. The van der Waals surface area contributed by atoms with Gasteiger partial charge in [0, 0.05) is 0 Å². The number of unbranched alkanes of at least 4 members (excludes halogenated alkanes) is 24. The highest BCUT2D eigenvalue weighted by Gasteiger charge is 2.18. The molecule has 0 saturated heterocycles. The fourth-order valence-electron chi connectivity index (χ4n) is 6.14. The summed E-state index contributed by atoms with van der Waals surface area (Å²) in [6.45, 7) is 5.35. The quantitative estimate of drug-likeness (QED) is 0.0314. The Morgan fingerprint density at radius 1 is 0.469 bits per heavy atom. The Bertz CT molecular complexity index is 911. The monoisotopic (exact) mass is 683 g/mol. The van der Waals surface area contributed by atoms with Gasteiger partial charge in [0.15, 0.2) is 12.4 Å². The van der Waals surface area contributed by atoms with Crippen molar-refractivity contribution >= 4 is 11.9 Å². The van der Waals surface area contributed by atoms with Crippen LogP contribution in [0.1, 0.15) is 214 Å². The Hall–Kier alpha value is -2.43. The van der Waals surface area contributed by atoms with E-state index in [0.29, 0.717) is 24.3 Å². The molecular formula is C44H76NO4+. The number of rotatable bonds is 34. The van der Waals surface area contributed by atoms with Gasteiger partial charge in [0.2, 0.25) is 0 Å². The highest BCUT2D eigenvalue weighted by atomic mass is 16.5. The topological polar surface area (TPSA) is 56.5 Å². The maximum absolute atomic E-state index is 12.7. The lowest BCUT2D eigenvalue weighted by molar-refractivity contribution is -0.671. The summed E-state index contributed by atoms with van der Waals surface area (Å²) in [5, 5.41) is 0. The Morgan fingerprint density at radius 3 is 1.08 bits per heavy atom. The lowest BCUT2D eigenvalue weighted by atomic mass is 10.1. The Balaban J connectivity index is 2.04. The van der Waals surface area contributed by atoms with Crippen molar-refractivity contribution in [2.45, 2.75) is 194 Å². The molecule has 1 heterocycles. The fourth-order valence-corrected chi connectivity index (χ4v) is 6.14. The molecule has 0 atom stereocenters. The van der Waals surface area contributed by atoms with Crippen molar-refractivity contribution in [3.63, 3.8) is 0 Å². The van der Waals surface area contributed by atoms with E-state index < -0.39 is 0 Å². The van der Waals surface area contributed by atoms with E-state index in [-0.39, 0.29) is 11.9 Å². The van der Waals surface area contributed by atoms with Crippen LogP contribution in [0, 0.1) is 0 Å². The zero-order valence-corrected chi connectivity index (χ0v) is 32.3. The third kappa shape index (κ3) is 28.0. The summed E-state index contributed by atoms with van der Waals surface area (Å²) >= 11 is 0. The summed E-state index contributed by atoms with van der Waals surface area (Å²) in [5.74, 6) is -0.760. The van der Waals surface area contributed by atoms with E-state index in [0.717, 1.165) is 25.7 Å². The molecule has 280 valence electrons. The van der Waals surface area contributed by atoms with Crippen LogP contribution in [-0.2, 0) is 16.5 Å². The van der Waals surface area contributed by atoms with Crippen molar-refractivity contribution in [2.75, 3.05) is 13.2 Å². The summed E-state index contributed by atoms with van der Waals surface area (Å²) < 4.78 is 12.8. The van der Waals surface area contributed by atoms with Gasteiger partial charge in [0.1, 0.15) is 18.2 Å². The largest absolute Gasteiger partial charge is 0.462 e. The van der Waals surface area contributed by atoms with E-state index in [1.165, 1.54) is 154 Å². The number of ether oxygens (including phenoxy) is 2. The van der Waals surface area contributed by atoms with E-state index in [1.807, 2.05) is 7.05 Å². The third-order valence-corrected chi connectivity index (χ3v) is 9.25. The smallest absolute Gasteiger partial charge is 0.344 e. The van der Waals surface area contributed by atoms with Gasteiger partial charge in [-0.2, -0.15) is 0 Å². The Morgan fingerprint density at radius 2 is 0.755 bits per heavy atom. The molecule has 0 unspecified atom stereocenters. The zero-order valence-electron chi connectivity index (χ0n) is 32.3. The minimum atomic E-state index is -0.380. The molecule has 5 heteroatoms. The molecule has 1 rings (SSSR count). The van der Waals surface area contributed by atoms with Crippen molar-refractivity contribution in [3.05, 3.63) is 53.9 Å². The van der Waals surface area contributed by atoms with Gasteiger partial charge in [0.25, 0.3) is 0 Å². The number of hydrogen-bond acceptors (Lipinski definition) is 4. The standard InChI is InChI=1S/C44H76NO4/c1-4-6-8-10-12-14-16-18-20-22-24-26-28-30-32-34-36-48-43(46)41-38-42(40-45(3)39-41)44(47)49-37-35-33-31-29-27-25-23-21-19-17-15-13-11-9-7-5-2/h14-17,38-40H,4-13,18-37H2,1-3H3/q+1/b16-14-,17-15-. The summed E-state index contributed by atoms with van der Waals surface area (Å²) in [5.41, 5.74) is 0.781. The van der Waals surface area contributed by atoms with Crippen molar-refractivity contribution < 1.29 is 23.6 Å². The van der Waals surface area contributed by atoms with Crippen molar-refractivity contribution in [1.82, 2.24) is 0 Å². The SMILES string of the molecule is CCCCCC/C=C\CCCCCCCCCCOC(=O)c1cc(C(=O)OCCCCCCCCCC/C=C\CCCCCC)c[n+](C)c1. The van der Waals surface area contributed by atoms with Crippen molar-refractivity contribution in [2.24, 2.45) is 7.05 Å². The average Bonchev–Trinajstić information content (AvgIpc) is 3.10. The minimum absolute atomic E-state index is 0.380. The predicted molar refractivity (Wildman–Crippen MR) is 207 cm³/mol. The van der Waals surface area contributed by atoms with Crippen LogP contribution >= 0.6 is 0 Å². The lowest BCUT2D eigenvalue weighted by Crippen LogP contribution is -2.31. The first kappa shape index (κ1) is 44.6. The van der Waals surface area contributed by atoms with E-state index in [2.05, 4.69) is 38.2 Å². The average molecular weight is 683 g/mol. The molecule has 1 aromatic rings. The van der Waals surface area contributed by atoms with Gasteiger partial charge >= 0.3 is 11.9 Å². The van der Waals surface area contributed by atoms with Gasteiger partial charge in [-0.3, -0.25) is 0 Å². The summed E-state index contributed by atoms with van der Waals surface area (Å²) in [6.07, 6.45) is 47.8. The van der Waals surface area contributed by atoms with Crippen LogP contribution in [0.3, 0.4) is 0 Å². The molecule has 0 spiro atoms.